The number of benzene rings is 1. The SMILES string of the molecule is CCCC[C@@H](CC)C(=O)N(CC(=O)NCC(=O)Nc1ccc(OC)cc1)C1CC1. The van der Waals surface area contributed by atoms with Crippen molar-refractivity contribution in [2.45, 2.75) is 58.4 Å². The lowest BCUT2D eigenvalue weighted by molar-refractivity contribution is -0.140. The van der Waals surface area contributed by atoms with Crippen LogP contribution >= 0.6 is 0 Å². The van der Waals surface area contributed by atoms with Crippen LogP contribution in [0.4, 0.5) is 5.69 Å². The fourth-order valence-corrected chi connectivity index (χ4v) is 3.23. The smallest absolute Gasteiger partial charge is 0.243 e. The minimum atomic E-state index is -0.317. The molecule has 2 rings (SSSR count). The van der Waals surface area contributed by atoms with E-state index in [2.05, 4.69) is 17.6 Å². The Kier molecular flexibility index (Phi) is 8.96. The Morgan fingerprint density at radius 2 is 1.83 bits per heavy atom. The molecule has 0 unspecified atom stereocenters. The van der Waals surface area contributed by atoms with Crippen molar-refractivity contribution in [1.29, 1.82) is 0 Å². The molecule has 1 aliphatic rings. The second-order valence-corrected chi connectivity index (χ2v) is 7.50. The van der Waals surface area contributed by atoms with Gasteiger partial charge in [0.1, 0.15) is 5.75 Å². The van der Waals surface area contributed by atoms with Gasteiger partial charge < -0.3 is 20.3 Å². The number of carbonyl (C=O) groups excluding carboxylic acids is 3. The van der Waals surface area contributed by atoms with Gasteiger partial charge in [-0.1, -0.05) is 26.7 Å². The van der Waals surface area contributed by atoms with Crippen LogP contribution in [0.1, 0.15) is 52.4 Å². The summed E-state index contributed by atoms with van der Waals surface area (Å²) in [6.45, 7) is 4.01. The second-order valence-electron chi connectivity index (χ2n) is 7.50. The van der Waals surface area contributed by atoms with Crippen molar-refractivity contribution in [3.8, 4) is 5.75 Å². The predicted octanol–water partition coefficient (Wildman–Crippen LogP) is 2.96. The topological polar surface area (TPSA) is 87.7 Å². The summed E-state index contributed by atoms with van der Waals surface area (Å²) in [4.78, 5) is 39.0. The van der Waals surface area contributed by atoms with Crippen LogP contribution in [-0.4, -0.2) is 48.9 Å². The normalized spacial score (nSPS) is 14.0. The van der Waals surface area contributed by atoms with Crippen LogP contribution in [0.25, 0.3) is 0 Å². The zero-order valence-electron chi connectivity index (χ0n) is 17.7. The van der Waals surface area contributed by atoms with Gasteiger partial charge >= 0.3 is 0 Å². The monoisotopic (exact) mass is 403 g/mol. The van der Waals surface area contributed by atoms with Gasteiger partial charge in [0.2, 0.25) is 17.7 Å². The van der Waals surface area contributed by atoms with E-state index in [9.17, 15) is 14.4 Å². The quantitative estimate of drug-likeness (QED) is 0.562. The van der Waals surface area contributed by atoms with E-state index in [0.29, 0.717) is 11.4 Å². The lowest BCUT2D eigenvalue weighted by Crippen LogP contribution is -2.45. The molecule has 0 saturated heterocycles. The molecule has 0 radical (unpaired) electrons. The Hall–Kier alpha value is -2.57. The van der Waals surface area contributed by atoms with Crippen LogP contribution in [0.5, 0.6) is 5.75 Å². The summed E-state index contributed by atoms with van der Waals surface area (Å²) in [5.74, 6) is 0.121. The highest BCUT2D eigenvalue weighted by Crippen LogP contribution is 2.29. The highest BCUT2D eigenvalue weighted by molar-refractivity contribution is 5.95. The molecular formula is C22H33N3O4. The van der Waals surface area contributed by atoms with Gasteiger partial charge in [-0.2, -0.15) is 0 Å². The highest BCUT2D eigenvalue weighted by Gasteiger charge is 2.36. The third kappa shape index (κ3) is 7.40. The van der Waals surface area contributed by atoms with Gasteiger partial charge in [-0.05, 0) is 49.9 Å². The number of nitrogens with zero attached hydrogens (tertiary/aromatic N) is 1. The van der Waals surface area contributed by atoms with Crippen molar-refractivity contribution < 1.29 is 19.1 Å². The summed E-state index contributed by atoms with van der Waals surface area (Å²) in [6.07, 6.45) is 5.61. The third-order valence-electron chi connectivity index (χ3n) is 5.15. The average Bonchev–Trinajstić information content (AvgIpc) is 3.56. The van der Waals surface area contributed by atoms with Crippen molar-refractivity contribution in [3.63, 3.8) is 0 Å². The van der Waals surface area contributed by atoms with E-state index in [1.807, 2.05) is 6.92 Å². The van der Waals surface area contributed by atoms with E-state index in [4.69, 9.17) is 4.74 Å². The Morgan fingerprint density at radius 3 is 2.38 bits per heavy atom. The maximum atomic E-state index is 12.9. The van der Waals surface area contributed by atoms with Crippen molar-refractivity contribution in [2.24, 2.45) is 5.92 Å². The number of rotatable bonds is 12. The van der Waals surface area contributed by atoms with E-state index in [0.717, 1.165) is 38.5 Å². The second kappa shape index (κ2) is 11.4. The van der Waals surface area contributed by atoms with Gasteiger partial charge in [0.25, 0.3) is 0 Å². The number of ether oxygens (including phenoxy) is 1. The zero-order chi connectivity index (χ0) is 21.2. The maximum absolute atomic E-state index is 12.9. The molecule has 0 bridgehead atoms. The molecule has 7 nitrogen and oxygen atoms in total. The summed E-state index contributed by atoms with van der Waals surface area (Å²) in [6, 6.07) is 7.11. The molecule has 1 aromatic rings. The molecule has 1 saturated carbocycles. The van der Waals surface area contributed by atoms with Gasteiger partial charge in [-0.25, -0.2) is 0 Å². The summed E-state index contributed by atoms with van der Waals surface area (Å²) in [5, 5.41) is 5.34. The van der Waals surface area contributed by atoms with E-state index in [-0.39, 0.29) is 42.8 Å². The lowest BCUT2D eigenvalue weighted by atomic mass is 9.97. The molecule has 2 N–H and O–H groups in total. The number of hydrogen-bond donors (Lipinski definition) is 2. The molecule has 1 aliphatic carbocycles. The maximum Gasteiger partial charge on any atom is 0.243 e. The molecule has 0 aromatic heterocycles. The standard InChI is InChI=1S/C22H33N3O4/c1-4-6-7-16(5-2)22(28)25(18-10-11-18)15-21(27)23-14-20(26)24-17-8-12-19(29-3)13-9-17/h8-9,12-13,16,18H,4-7,10-11,14-15H2,1-3H3,(H,23,27)(H,24,26)/t16-/m1/s1. The number of hydrogen-bond acceptors (Lipinski definition) is 4. The number of unbranched alkanes of at least 4 members (excludes halogenated alkanes) is 1. The largest absolute Gasteiger partial charge is 0.497 e. The lowest BCUT2D eigenvalue weighted by Gasteiger charge is -2.26. The van der Waals surface area contributed by atoms with E-state index in [1.165, 1.54) is 0 Å². The number of nitrogens with one attached hydrogen (secondary N) is 2. The van der Waals surface area contributed by atoms with Crippen LogP contribution in [0.15, 0.2) is 24.3 Å². The van der Waals surface area contributed by atoms with Crippen LogP contribution < -0.4 is 15.4 Å². The fraction of sp³-hybridized carbons (Fsp3) is 0.591. The minimum absolute atomic E-state index is 0.0158. The van der Waals surface area contributed by atoms with Crippen molar-refractivity contribution in [3.05, 3.63) is 24.3 Å². The van der Waals surface area contributed by atoms with Crippen LogP contribution in [0.2, 0.25) is 0 Å². The minimum Gasteiger partial charge on any atom is -0.497 e. The Balaban J connectivity index is 1.82. The van der Waals surface area contributed by atoms with Gasteiger partial charge in [0.05, 0.1) is 20.2 Å². The predicted molar refractivity (Wildman–Crippen MR) is 113 cm³/mol. The number of anilines is 1. The molecule has 160 valence electrons. The third-order valence-corrected chi connectivity index (χ3v) is 5.15. The molecule has 0 aliphatic heterocycles. The summed E-state index contributed by atoms with van der Waals surface area (Å²) in [5.41, 5.74) is 0.626. The Bertz CT molecular complexity index is 686. The Morgan fingerprint density at radius 1 is 1.14 bits per heavy atom. The summed E-state index contributed by atoms with van der Waals surface area (Å²) < 4.78 is 5.08. The van der Waals surface area contributed by atoms with Gasteiger partial charge in [-0.15, -0.1) is 0 Å². The van der Waals surface area contributed by atoms with Gasteiger partial charge in [0.15, 0.2) is 0 Å². The molecule has 0 heterocycles. The molecule has 29 heavy (non-hydrogen) atoms. The Labute approximate surface area is 173 Å². The first-order valence-electron chi connectivity index (χ1n) is 10.5. The number of methoxy groups -OCH3 is 1. The van der Waals surface area contributed by atoms with Crippen molar-refractivity contribution >= 4 is 23.4 Å². The van der Waals surface area contributed by atoms with Gasteiger partial charge in [-0.3, -0.25) is 14.4 Å². The molecule has 1 aromatic carbocycles. The fourth-order valence-electron chi connectivity index (χ4n) is 3.23. The molecule has 0 spiro atoms. The van der Waals surface area contributed by atoms with Crippen LogP contribution in [0.3, 0.4) is 0 Å². The first-order valence-corrected chi connectivity index (χ1v) is 10.5. The summed E-state index contributed by atoms with van der Waals surface area (Å²) in [7, 11) is 1.57. The van der Waals surface area contributed by atoms with Crippen LogP contribution in [0, 0.1) is 5.92 Å². The van der Waals surface area contributed by atoms with Gasteiger partial charge in [0, 0.05) is 17.6 Å². The molecule has 7 heteroatoms. The summed E-state index contributed by atoms with van der Waals surface area (Å²) >= 11 is 0. The highest BCUT2D eigenvalue weighted by atomic mass is 16.5. The number of amides is 3. The van der Waals surface area contributed by atoms with E-state index in [1.54, 1.807) is 36.3 Å². The molecule has 3 amide bonds. The van der Waals surface area contributed by atoms with E-state index < -0.39 is 0 Å². The molecule has 1 atom stereocenters. The molecular weight excluding hydrogens is 370 g/mol. The first kappa shape index (κ1) is 22.7. The van der Waals surface area contributed by atoms with Crippen molar-refractivity contribution in [1.82, 2.24) is 10.2 Å². The number of carbonyl (C=O) groups is 3. The van der Waals surface area contributed by atoms with Crippen LogP contribution in [-0.2, 0) is 14.4 Å². The van der Waals surface area contributed by atoms with Crippen molar-refractivity contribution in [2.75, 3.05) is 25.5 Å². The van der Waals surface area contributed by atoms with E-state index >= 15 is 0 Å². The molecule has 1 fully saturated rings. The first-order chi connectivity index (χ1) is 14.0. The zero-order valence-corrected chi connectivity index (χ0v) is 17.7. The average molecular weight is 404 g/mol.